The molecule has 9 nitrogen and oxygen atoms in total. The number of amides is 2. The van der Waals surface area contributed by atoms with Crippen LogP contribution in [0.25, 0.3) is 0 Å². The molecular weight excluding hydrogens is 458 g/mol. The summed E-state index contributed by atoms with van der Waals surface area (Å²) < 4.78 is 39.1. The van der Waals surface area contributed by atoms with Crippen molar-refractivity contribution in [1.82, 2.24) is 9.80 Å². The average molecular weight is 490 g/mol. The van der Waals surface area contributed by atoms with Crippen LogP contribution in [0.1, 0.15) is 18.1 Å². The number of carbonyl (C=O) groups excluding carboxylic acids is 2. The fraction of sp³-hybridized carbons (Fsp3) is 0.417. The number of methoxy groups -OCH3 is 1. The van der Waals surface area contributed by atoms with Crippen molar-refractivity contribution in [3.63, 3.8) is 0 Å². The van der Waals surface area contributed by atoms with Crippen LogP contribution in [0, 0.1) is 13.8 Å². The molecule has 0 aromatic heterocycles. The molecular formula is C24H31N3O6S. The van der Waals surface area contributed by atoms with Crippen molar-refractivity contribution >= 4 is 27.7 Å². The minimum atomic E-state index is -4.13. The highest BCUT2D eigenvalue weighted by Crippen LogP contribution is 2.31. The number of hydrogen-bond acceptors (Lipinski definition) is 6. The van der Waals surface area contributed by atoms with Crippen LogP contribution in [-0.4, -0.2) is 76.7 Å². The Balaban J connectivity index is 1.89. The number of piperazine rings is 1. The lowest BCUT2D eigenvalue weighted by Crippen LogP contribution is -2.53. The standard InChI is InChI=1S/C24H31N3O6S/c1-5-33-24(29)26-13-11-25(12-14-26)23(28)17-27(20-8-6-7-18(2)15-20)34(30,31)22-16-19(3)9-10-21(22)32-4/h6-10,15-16H,5,11-14,17H2,1-4H3. The van der Waals surface area contributed by atoms with Gasteiger partial charge in [-0.1, -0.05) is 18.2 Å². The molecule has 2 aromatic carbocycles. The van der Waals surface area contributed by atoms with E-state index in [0.29, 0.717) is 31.9 Å². The van der Waals surface area contributed by atoms with Crippen molar-refractivity contribution in [3.05, 3.63) is 53.6 Å². The summed E-state index contributed by atoms with van der Waals surface area (Å²) >= 11 is 0. The molecule has 1 heterocycles. The van der Waals surface area contributed by atoms with Gasteiger partial charge in [0.2, 0.25) is 5.91 Å². The van der Waals surface area contributed by atoms with Crippen molar-refractivity contribution in [2.24, 2.45) is 0 Å². The van der Waals surface area contributed by atoms with E-state index in [2.05, 4.69) is 0 Å². The van der Waals surface area contributed by atoms with Crippen LogP contribution < -0.4 is 9.04 Å². The Bertz CT molecular complexity index is 1140. The number of nitrogens with zero attached hydrogens (tertiary/aromatic N) is 3. The van der Waals surface area contributed by atoms with Crippen molar-refractivity contribution < 1.29 is 27.5 Å². The largest absolute Gasteiger partial charge is 0.495 e. The predicted molar refractivity (Wildman–Crippen MR) is 129 cm³/mol. The third-order valence-corrected chi connectivity index (χ3v) is 7.41. The molecule has 0 spiro atoms. The van der Waals surface area contributed by atoms with Crippen molar-refractivity contribution in [1.29, 1.82) is 0 Å². The molecule has 2 aromatic rings. The molecule has 10 heteroatoms. The first kappa shape index (κ1) is 25.4. The second-order valence-electron chi connectivity index (χ2n) is 8.07. The summed E-state index contributed by atoms with van der Waals surface area (Å²) in [5.74, 6) is -0.140. The first-order chi connectivity index (χ1) is 16.2. The van der Waals surface area contributed by atoms with Gasteiger partial charge in [-0.2, -0.15) is 0 Å². The van der Waals surface area contributed by atoms with Crippen LogP contribution in [0.5, 0.6) is 5.75 Å². The highest BCUT2D eigenvalue weighted by atomic mass is 32.2. The minimum absolute atomic E-state index is 0.00330. The maximum atomic E-state index is 13.8. The van der Waals surface area contributed by atoms with Crippen molar-refractivity contribution in [2.45, 2.75) is 25.7 Å². The summed E-state index contributed by atoms with van der Waals surface area (Å²) in [6.45, 7) is 6.55. The number of ether oxygens (including phenoxy) is 2. The molecule has 2 amide bonds. The Morgan fingerprint density at radius 2 is 1.62 bits per heavy atom. The molecule has 184 valence electrons. The molecule has 0 atom stereocenters. The molecule has 0 saturated carbocycles. The molecule has 1 aliphatic heterocycles. The van der Waals surface area contributed by atoms with E-state index in [1.165, 1.54) is 7.11 Å². The van der Waals surface area contributed by atoms with Gasteiger partial charge in [0.1, 0.15) is 17.2 Å². The predicted octanol–water partition coefficient (Wildman–Crippen LogP) is 2.81. The first-order valence-electron chi connectivity index (χ1n) is 11.1. The number of aryl methyl sites for hydroxylation is 2. The fourth-order valence-corrected chi connectivity index (χ4v) is 5.43. The van der Waals surface area contributed by atoms with Gasteiger partial charge >= 0.3 is 6.09 Å². The molecule has 0 bridgehead atoms. The quantitative estimate of drug-likeness (QED) is 0.593. The van der Waals surface area contributed by atoms with Gasteiger partial charge in [0.05, 0.1) is 19.4 Å². The van der Waals surface area contributed by atoms with Gasteiger partial charge in [-0.05, 0) is 56.2 Å². The van der Waals surface area contributed by atoms with Crippen LogP contribution in [0.4, 0.5) is 10.5 Å². The summed E-state index contributed by atoms with van der Waals surface area (Å²) in [7, 11) is -2.71. The number of rotatable bonds is 7. The molecule has 0 radical (unpaired) electrons. The second kappa shape index (κ2) is 10.8. The molecule has 1 saturated heterocycles. The Labute approximate surface area is 200 Å². The Morgan fingerprint density at radius 3 is 2.24 bits per heavy atom. The van der Waals surface area contributed by atoms with Gasteiger partial charge < -0.3 is 19.3 Å². The average Bonchev–Trinajstić information content (AvgIpc) is 2.82. The van der Waals surface area contributed by atoms with E-state index in [9.17, 15) is 18.0 Å². The van der Waals surface area contributed by atoms with Gasteiger partial charge in [0.25, 0.3) is 10.0 Å². The normalized spacial score (nSPS) is 14.0. The SMILES string of the molecule is CCOC(=O)N1CCN(C(=O)CN(c2cccc(C)c2)S(=O)(=O)c2cc(C)ccc2OC)CC1. The molecule has 0 unspecified atom stereocenters. The molecule has 1 aliphatic rings. The summed E-state index contributed by atoms with van der Waals surface area (Å²) in [4.78, 5) is 28.3. The van der Waals surface area contributed by atoms with Crippen LogP contribution in [0.15, 0.2) is 47.4 Å². The lowest BCUT2D eigenvalue weighted by molar-refractivity contribution is -0.131. The smallest absolute Gasteiger partial charge is 0.409 e. The fourth-order valence-electron chi connectivity index (χ4n) is 3.78. The van der Waals surface area contributed by atoms with Crippen LogP contribution in [-0.2, 0) is 19.6 Å². The Hall–Kier alpha value is -3.27. The van der Waals surface area contributed by atoms with Crippen molar-refractivity contribution in [3.8, 4) is 5.75 Å². The second-order valence-corrected chi connectivity index (χ2v) is 9.90. The van der Waals surface area contributed by atoms with E-state index >= 15 is 0 Å². The van der Waals surface area contributed by atoms with Gasteiger partial charge in [0.15, 0.2) is 0 Å². The molecule has 3 rings (SSSR count). The third-order valence-electron chi connectivity index (χ3n) is 5.61. The van der Waals surface area contributed by atoms with Crippen molar-refractivity contribution in [2.75, 3.05) is 50.7 Å². The number of anilines is 1. The molecule has 0 aliphatic carbocycles. The zero-order chi connectivity index (χ0) is 24.9. The lowest BCUT2D eigenvalue weighted by atomic mass is 10.2. The van der Waals surface area contributed by atoms with Gasteiger partial charge in [0, 0.05) is 26.2 Å². The Morgan fingerprint density at radius 1 is 0.971 bits per heavy atom. The summed E-state index contributed by atoms with van der Waals surface area (Å²) in [6.07, 6.45) is -0.412. The van der Waals surface area contributed by atoms with E-state index in [-0.39, 0.29) is 29.7 Å². The van der Waals surface area contributed by atoms with Gasteiger partial charge in [-0.15, -0.1) is 0 Å². The summed E-state index contributed by atoms with van der Waals surface area (Å²) in [5.41, 5.74) is 2.01. The maximum absolute atomic E-state index is 13.8. The molecule has 34 heavy (non-hydrogen) atoms. The van der Waals surface area contributed by atoms with Gasteiger partial charge in [-0.25, -0.2) is 13.2 Å². The first-order valence-corrected chi connectivity index (χ1v) is 12.5. The highest BCUT2D eigenvalue weighted by Gasteiger charge is 2.33. The van der Waals surface area contributed by atoms with E-state index in [1.807, 2.05) is 13.0 Å². The summed E-state index contributed by atoms with van der Waals surface area (Å²) in [6, 6.07) is 11.9. The maximum Gasteiger partial charge on any atom is 0.409 e. The zero-order valence-electron chi connectivity index (χ0n) is 20.0. The summed E-state index contributed by atoms with van der Waals surface area (Å²) in [5, 5.41) is 0. The monoisotopic (exact) mass is 489 g/mol. The molecule has 0 N–H and O–H groups in total. The number of sulfonamides is 1. The molecule has 1 fully saturated rings. The Kier molecular flexibility index (Phi) is 8.03. The lowest BCUT2D eigenvalue weighted by Gasteiger charge is -2.35. The third kappa shape index (κ3) is 5.61. The van der Waals surface area contributed by atoms with Crippen LogP contribution >= 0.6 is 0 Å². The van der Waals surface area contributed by atoms with E-state index in [4.69, 9.17) is 9.47 Å². The topological polar surface area (TPSA) is 96.5 Å². The number of hydrogen-bond donors (Lipinski definition) is 0. The van der Waals surface area contributed by atoms with E-state index < -0.39 is 16.1 Å². The van der Waals surface area contributed by atoms with Gasteiger partial charge in [-0.3, -0.25) is 9.10 Å². The van der Waals surface area contributed by atoms with Crippen LogP contribution in [0.3, 0.4) is 0 Å². The van der Waals surface area contributed by atoms with E-state index in [0.717, 1.165) is 15.4 Å². The number of carbonyl (C=O) groups is 2. The van der Waals surface area contributed by atoms with E-state index in [1.54, 1.807) is 60.0 Å². The zero-order valence-corrected chi connectivity index (χ0v) is 20.8. The minimum Gasteiger partial charge on any atom is -0.495 e. The van der Waals surface area contributed by atoms with Crippen LogP contribution in [0.2, 0.25) is 0 Å². The highest BCUT2D eigenvalue weighted by molar-refractivity contribution is 7.93. The number of benzene rings is 2.